The molecule has 6 heteroatoms. The summed E-state index contributed by atoms with van der Waals surface area (Å²) in [7, 11) is 0. The van der Waals surface area contributed by atoms with Gasteiger partial charge in [-0.05, 0) is 15.9 Å². The van der Waals surface area contributed by atoms with E-state index in [1.807, 2.05) is 15.9 Å². The van der Waals surface area contributed by atoms with Crippen LogP contribution in [0.3, 0.4) is 0 Å². The predicted octanol–water partition coefficient (Wildman–Crippen LogP) is 2.66. The van der Waals surface area contributed by atoms with Crippen molar-refractivity contribution in [3.8, 4) is 0 Å². The zero-order chi connectivity index (χ0) is 7.65. The van der Waals surface area contributed by atoms with E-state index in [1.54, 1.807) is 0 Å². The van der Waals surface area contributed by atoms with Crippen molar-refractivity contribution in [1.29, 1.82) is 0 Å². The van der Waals surface area contributed by atoms with Crippen molar-refractivity contribution >= 4 is 53.6 Å². The molecule has 0 atom stereocenters. The van der Waals surface area contributed by atoms with Crippen molar-refractivity contribution in [2.24, 2.45) is 0 Å². The lowest BCUT2D eigenvalue weighted by Gasteiger charge is -2.05. The van der Waals surface area contributed by atoms with E-state index in [0.29, 0.717) is 0 Å². The van der Waals surface area contributed by atoms with E-state index in [0.717, 1.165) is 0 Å². The Bertz CT molecular complexity index is 119. The summed E-state index contributed by atoms with van der Waals surface area (Å²) in [6.07, 6.45) is 0. The van der Waals surface area contributed by atoms with E-state index < -0.39 is 14.4 Å². The Morgan fingerprint density at radius 3 is 1.78 bits per heavy atom. The maximum atomic E-state index is 11.9. The van der Waals surface area contributed by atoms with E-state index in [2.05, 4.69) is 31.9 Å². The molecule has 0 aromatic carbocycles. The minimum Gasteiger partial charge on any atom is -0.290 e. The largest absolute Gasteiger partial charge is 0.360 e. The van der Waals surface area contributed by atoms with Crippen molar-refractivity contribution in [3.63, 3.8) is 0 Å². The summed E-state index contributed by atoms with van der Waals surface area (Å²) in [5.41, 5.74) is 0. The smallest absolute Gasteiger partial charge is 0.290 e. The van der Waals surface area contributed by atoms with E-state index in [1.165, 1.54) is 0 Å². The van der Waals surface area contributed by atoms with Gasteiger partial charge in [0, 0.05) is 0 Å². The van der Waals surface area contributed by atoms with E-state index >= 15 is 0 Å². The third-order valence-corrected chi connectivity index (χ3v) is 1.70. The van der Waals surface area contributed by atoms with Gasteiger partial charge in [-0.25, -0.2) is 0 Å². The van der Waals surface area contributed by atoms with Gasteiger partial charge >= 0.3 is 4.83 Å². The summed E-state index contributed by atoms with van der Waals surface area (Å²) < 4.78 is 22.7. The Balaban J connectivity index is 4.06. The van der Waals surface area contributed by atoms with Crippen molar-refractivity contribution < 1.29 is 13.6 Å². The fraction of sp³-hybridized carbons (Fsp3) is 0.667. The summed E-state index contributed by atoms with van der Waals surface area (Å²) in [6.45, 7) is 0. The van der Waals surface area contributed by atoms with Gasteiger partial charge in [0.2, 0.25) is 5.78 Å². The molecule has 0 spiro atoms. The molecule has 0 saturated heterocycles. The normalized spacial score (nSPS) is 12.2. The maximum Gasteiger partial charge on any atom is 0.360 e. The van der Waals surface area contributed by atoms with Gasteiger partial charge in [-0.1, -0.05) is 31.9 Å². The van der Waals surface area contributed by atoms with Crippen LogP contribution in [0.2, 0.25) is 0 Å². The second-order valence-electron chi connectivity index (χ2n) is 1.16. The van der Waals surface area contributed by atoms with Gasteiger partial charge in [0.05, 0.1) is 0 Å². The summed E-state index contributed by atoms with van der Waals surface area (Å²) in [4.78, 5) is 6.83. The number of hydrogen-bond acceptors (Lipinski definition) is 1. The fourth-order valence-electron chi connectivity index (χ4n) is 0.124. The number of halogens is 5. The van der Waals surface area contributed by atoms with E-state index in [4.69, 9.17) is 0 Å². The zero-order valence-electron chi connectivity index (χ0n) is 3.88. The average molecular weight is 331 g/mol. The molecule has 0 aromatic heterocycles. The Labute approximate surface area is 75.6 Å². The Hall–Kier alpha value is 0.970. The van der Waals surface area contributed by atoms with E-state index in [9.17, 15) is 13.6 Å². The first kappa shape index (κ1) is 9.97. The molecule has 1 nitrogen and oxygen atoms in total. The Morgan fingerprint density at radius 2 is 1.78 bits per heavy atom. The molecule has 0 heterocycles. The lowest BCUT2D eigenvalue weighted by molar-refractivity contribution is -0.129. The molecule has 9 heavy (non-hydrogen) atoms. The molecular weight excluding hydrogens is 330 g/mol. The molecule has 0 N–H and O–H groups in total. The van der Waals surface area contributed by atoms with Crippen LogP contribution in [0.1, 0.15) is 0 Å². The van der Waals surface area contributed by atoms with Crippen LogP contribution in [-0.2, 0) is 4.79 Å². The van der Waals surface area contributed by atoms with Crippen molar-refractivity contribution in [2.75, 3.05) is 0 Å². The highest BCUT2D eigenvalue weighted by molar-refractivity contribution is 9.25. The van der Waals surface area contributed by atoms with E-state index in [-0.39, 0.29) is 0 Å². The van der Waals surface area contributed by atoms with Crippen LogP contribution < -0.4 is 0 Å². The number of carbonyl (C=O) groups is 1. The summed E-state index contributed by atoms with van der Waals surface area (Å²) in [5.74, 6) is -1.25. The van der Waals surface area contributed by atoms with Crippen LogP contribution >= 0.6 is 47.8 Å². The minimum atomic E-state index is -3.44. The SMILES string of the molecule is O=C(C(Br)Br)C(F)(F)Br. The second-order valence-corrected chi connectivity index (χ2v) is 5.22. The molecule has 0 saturated carbocycles. The molecule has 0 bridgehead atoms. The number of Topliss-reactive ketones (excluding diaryl/α,β-unsaturated/α-hetero) is 1. The van der Waals surface area contributed by atoms with Crippen molar-refractivity contribution in [1.82, 2.24) is 0 Å². The lowest BCUT2D eigenvalue weighted by Crippen LogP contribution is -2.25. The Morgan fingerprint density at radius 1 is 1.44 bits per heavy atom. The van der Waals surface area contributed by atoms with Crippen molar-refractivity contribution in [2.45, 2.75) is 8.57 Å². The van der Waals surface area contributed by atoms with Crippen LogP contribution in [0, 0.1) is 0 Å². The first-order chi connectivity index (χ1) is 3.85. The van der Waals surface area contributed by atoms with Gasteiger partial charge in [-0.2, -0.15) is 8.78 Å². The third kappa shape index (κ3) is 3.62. The fourth-order valence-corrected chi connectivity index (χ4v) is 1.54. The molecule has 0 amide bonds. The standard InChI is InChI=1S/C3HBr3F2O/c4-2(5)1(9)3(6,7)8/h2H. The summed E-state index contributed by atoms with van der Waals surface area (Å²) in [5, 5.41) is 0. The van der Waals surface area contributed by atoms with Crippen LogP contribution in [-0.4, -0.2) is 14.4 Å². The predicted molar refractivity (Wildman–Crippen MR) is 40.5 cm³/mol. The van der Waals surface area contributed by atoms with Crippen LogP contribution in [0.5, 0.6) is 0 Å². The molecule has 0 aliphatic carbocycles. The van der Waals surface area contributed by atoms with Crippen LogP contribution in [0.4, 0.5) is 8.78 Å². The quantitative estimate of drug-likeness (QED) is 0.711. The summed E-state index contributed by atoms with van der Waals surface area (Å²) >= 11 is 7.17. The van der Waals surface area contributed by atoms with Gasteiger partial charge in [-0.15, -0.1) is 0 Å². The maximum absolute atomic E-state index is 11.9. The number of rotatable bonds is 2. The molecule has 0 unspecified atom stereocenters. The number of alkyl halides is 5. The molecule has 0 radical (unpaired) electrons. The molecule has 0 fully saturated rings. The molecule has 54 valence electrons. The molecule has 0 aromatic rings. The molecule has 0 aliphatic rings. The minimum absolute atomic E-state index is 1.00. The third-order valence-electron chi connectivity index (χ3n) is 0.478. The van der Waals surface area contributed by atoms with Crippen LogP contribution in [0.15, 0.2) is 0 Å². The lowest BCUT2D eigenvalue weighted by atomic mass is 10.5. The highest BCUT2D eigenvalue weighted by Crippen LogP contribution is 2.28. The zero-order valence-corrected chi connectivity index (χ0v) is 8.63. The molecular formula is C3HBr3F2O. The number of carbonyl (C=O) groups excluding carboxylic acids is 1. The van der Waals surface area contributed by atoms with Gasteiger partial charge < -0.3 is 0 Å². The van der Waals surface area contributed by atoms with Gasteiger partial charge in [0.1, 0.15) is 3.74 Å². The van der Waals surface area contributed by atoms with Gasteiger partial charge in [0.25, 0.3) is 0 Å². The van der Waals surface area contributed by atoms with Crippen LogP contribution in [0.25, 0.3) is 0 Å². The monoisotopic (exact) mass is 328 g/mol. The topological polar surface area (TPSA) is 17.1 Å². The van der Waals surface area contributed by atoms with Crippen molar-refractivity contribution in [3.05, 3.63) is 0 Å². The average Bonchev–Trinajstić information content (AvgIpc) is 1.62. The molecule has 0 rings (SSSR count). The van der Waals surface area contributed by atoms with Gasteiger partial charge in [-0.3, -0.25) is 4.79 Å². The highest BCUT2D eigenvalue weighted by Gasteiger charge is 2.37. The highest BCUT2D eigenvalue weighted by atomic mass is 79.9. The second kappa shape index (κ2) is 3.39. The number of ketones is 1. The summed E-state index contributed by atoms with van der Waals surface area (Å²) in [6, 6.07) is 0. The molecule has 0 aliphatic heterocycles. The van der Waals surface area contributed by atoms with Gasteiger partial charge in [0.15, 0.2) is 0 Å². The first-order valence-electron chi connectivity index (χ1n) is 1.75. The number of hydrogen-bond donors (Lipinski definition) is 0. The first-order valence-corrected chi connectivity index (χ1v) is 4.37. The Kier molecular flexibility index (Phi) is 3.75.